The van der Waals surface area contributed by atoms with E-state index in [0.29, 0.717) is 0 Å². The van der Waals surface area contributed by atoms with Crippen molar-refractivity contribution in [3.63, 3.8) is 0 Å². The molecule has 13 heavy (non-hydrogen) atoms. The van der Waals surface area contributed by atoms with Crippen LogP contribution in [0.2, 0.25) is 0 Å². The molecule has 0 spiro atoms. The molecule has 0 aromatic heterocycles. The molecule has 7 heteroatoms. The lowest BCUT2D eigenvalue weighted by Gasteiger charge is -1.99. The molecule has 0 fully saturated rings. The second kappa shape index (κ2) is 3.95. The zero-order valence-electron chi connectivity index (χ0n) is 6.27. The van der Waals surface area contributed by atoms with Crippen molar-refractivity contribution >= 4 is 31.9 Å². The number of benzene rings is 1. The molecule has 0 saturated carbocycles. The van der Waals surface area contributed by atoms with Crippen LogP contribution in [-0.2, 0) is 10.0 Å². The van der Waals surface area contributed by atoms with E-state index in [0.717, 1.165) is 0 Å². The van der Waals surface area contributed by atoms with E-state index in [1.165, 1.54) is 24.3 Å². The number of hydrogen-bond donors (Lipinski definition) is 1. The number of rotatable bonds is 3. The number of halogens is 1. The third-order valence-corrected chi connectivity index (χ3v) is 3.69. The van der Waals surface area contributed by atoms with Gasteiger partial charge in [-0.3, -0.25) is 0 Å². The van der Waals surface area contributed by atoms with E-state index >= 15 is 0 Å². The maximum absolute atomic E-state index is 11.2. The van der Waals surface area contributed by atoms with Crippen LogP contribution in [0, 0.1) is 4.91 Å². The van der Waals surface area contributed by atoms with E-state index in [4.69, 9.17) is 0 Å². The standard InChI is InChI=1S/C6H5BrN2O3S/c7-9-13(11,12)6-3-1-2-5(4-6)8-10/h1-4,9H. The molecule has 1 aromatic rings. The van der Waals surface area contributed by atoms with Gasteiger partial charge in [-0.05, 0) is 23.4 Å². The number of sulfonamides is 1. The Labute approximate surface area is 83.5 Å². The van der Waals surface area contributed by atoms with Crippen molar-refractivity contribution in [3.05, 3.63) is 29.2 Å². The molecular formula is C6H5BrN2O3S. The summed E-state index contributed by atoms with van der Waals surface area (Å²) in [6.07, 6.45) is 0. The molecule has 1 rings (SSSR count). The Hall–Kier alpha value is -0.790. The van der Waals surface area contributed by atoms with Crippen LogP contribution in [0.1, 0.15) is 0 Å². The van der Waals surface area contributed by atoms with Crippen LogP contribution in [0.15, 0.2) is 34.3 Å². The molecule has 0 aliphatic rings. The summed E-state index contributed by atoms with van der Waals surface area (Å²) in [4.78, 5) is 10.1. The second-order valence-electron chi connectivity index (χ2n) is 2.17. The van der Waals surface area contributed by atoms with Gasteiger partial charge in [0.25, 0.3) is 0 Å². The zero-order chi connectivity index (χ0) is 9.90. The highest BCUT2D eigenvalue weighted by atomic mass is 79.9. The predicted molar refractivity (Wildman–Crippen MR) is 51.1 cm³/mol. The van der Waals surface area contributed by atoms with Crippen molar-refractivity contribution in [2.75, 3.05) is 0 Å². The molecule has 1 aromatic carbocycles. The molecule has 0 saturated heterocycles. The fraction of sp³-hybridized carbons (Fsp3) is 0. The number of hydrogen-bond acceptors (Lipinski definition) is 4. The Morgan fingerprint density at radius 2 is 2.08 bits per heavy atom. The lowest BCUT2D eigenvalue weighted by Crippen LogP contribution is -2.12. The van der Waals surface area contributed by atoms with Crippen LogP contribution in [0.3, 0.4) is 0 Å². The molecule has 0 atom stereocenters. The third-order valence-electron chi connectivity index (χ3n) is 1.33. The highest BCUT2D eigenvalue weighted by Crippen LogP contribution is 2.17. The van der Waals surface area contributed by atoms with Crippen LogP contribution in [0.25, 0.3) is 0 Å². The topological polar surface area (TPSA) is 75.6 Å². The first-order chi connectivity index (χ1) is 6.10. The summed E-state index contributed by atoms with van der Waals surface area (Å²) in [5.74, 6) is 0. The molecule has 0 amide bonds. The van der Waals surface area contributed by atoms with E-state index in [2.05, 4.69) is 21.3 Å². The van der Waals surface area contributed by atoms with Gasteiger partial charge in [0.05, 0.1) is 4.90 Å². The van der Waals surface area contributed by atoms with E-state index in [1.807, 2.05) is 3.75 Å². The fourth-order valence-electron chi connectivity index (χ4n) is 0.752. The average molecular weight is 265 g/mol. The molecule has 0 radical (unpaired) electrons. The van der Waals surface area contributed by atoms with Crippen molar-refractivity contribution in [2.45, 2.75) is 4.90 Å². The average Bonchev–Trinajstić information content (AvgIpc) is 2.18. The fourth-order valence-corrected chi connectivity index (χ4v) is 1.94. The van der Waals surface area contributed by atoms with Gasteiger partial charge in [0.15, 0.2) is 0 Å². The first-order valence-electron chi connectivity index (χ1n) is 3.16. The smallest absolute Gasteiger partial charge is 0.206 e. The quantitative estimate of drug-likeness (QED) is 0.667. The normalized spacial score (nSPS) is 11.2. The Morgan fingerprint density at radius 3 is 2.62 bits per heavy atom. The van der Waals surface area contributed by atoms with Crippen molar-refractivity contribution in [2.24, 2.45) is 5.18 Å². The second-order valence-corrected chi connectivity index (χ2v) is 4.77. The highest BCUT2D eigenvalue weighted by molar-refractivity contribution is 9.09. The van der Waals surface area contributed by atoms with E-state index in [-0.39, 0.29) is 10.6 Å². The van der Waals surface area contributed by atoms with Gasteiger partial charge in [-0.1, -0.05) is 6.07 Å². The monoisotopic (exact) mass is 264 g/mol. The van der Waals surface area contributed by atoms with Gasteiger partial charge in [0.2, 0.25) is 10.0 Å². The molecule has 0 unspecified atom stereocenters. The summed E-state index contributed by atoms with van der Waals surface area (Å²) in [6.45, 7) is 0. The van der Waals surface area contributed by atoms with Crippen molar-refractivity contribution in [1.82, 2.24) is 3.75 Å². The molecular weight excluding hydrogens is 260 g/mol. The summed E-state index contributed by atoms with van der Waals surface area (Å²) in [7, 11) is -3.56. The number of nitrogens with zero attached hydrogens (tertiary/aromatic N) is 1. The first kappa shape index (κ1) is 10.3. The summed E-state index contributed by atoms with van der Waals surface area (Å²) in [6, 6.07) is 5.39. The Kier molecular flexibility index (Phi) is 3.12. The summed E-state index contributed by atoms with van der Waals surface area (Å²) >= 11 is 2.61. The lowest BCUT2D eigenvalue weighted by molar-refractivity contribution is 0.595. The van der Waals surface area contributed by atoms with Gasteiger partial charge in [0, 0.05) is 16.1 Å². The number of nitroso groups, excluding NO2 is 1. The van der Waals surface area contributed by atoms with Crippen LogP contribution in [0.4, 0.5) is 5.69 Å². The van der Waals surface area contributed by atoms with Crippen LogP contribution < -0.4 is 3.75 Å². The first-order valence-corrected chi connectivity index (χ1v) is 5.43. The molecule has 0 heterocycles. The molecule has 5 nitrogen and oxygen atoms in total. The van der Waals surface area contributed by atoms with Gasteiger partial charge in [0.1, 0.15) is 5.69 Å². The summed E-state index contributed by atoms with van der Waals surface area (Å²) in [5.41, 5.74) is 0.0730. The van der Waals surface area contributed by atoms with Crippen LogP contribution in [0.5, 0.6) is 0 Å². The van der Waals surface area contributed by atoms with Gasteiger partial charge < -0.3 is 0 Å². The molecule has 1 N–H and O–H groups in total. The van der Waals surface area contributed by atoms with Gasteiger partial charge in [-0.2, -0.15) is 0 Å². The largest absolute Gasteiger partial charge is 0.250 e. The molecule has 0 aliphatic carbocycles. The minimum absolute atomic E-state index is 0.0125. The van der Waals surface area contributed by atoms with Crippen molar-refractivity contribution in [3.8, 4) is 0 Å². The molecule has 0 bridgehead atoms. The van der Waals surface area contributed by atoms with Crippen LogP contribution in [-0.4, -0.2) is 8.42 Å². The summed E-state index contributed by atoms with van der Waals surface area (Å²) < 4.78 is 24.3. The SMILES string of the molecule is O=Nc1cccc(S(=O)(=O)NBr)c1. The predicted octanol–water partition coefficient (Wildman–Crippen LogP) is 1.67. The Bertz CT molecular complexity index is 418. The van der Waals surface area contributed by atoms with Gasteiger partial charge in [-0.15, -0.1) is 8.66 Å². The van der Waals surface area contributed by atoms with E-state index < -0.39 is 10.0 Å². The highest BCUT2D eigenvalue weighted by Gasteiger charge is 2.11. The van der Waals surface area contributed by atoms with Gasteiger partial charge in [-0.25, -0.2) is 8.42 Å². The summed E-state index contributed by atoms with van der Waals surface area (Å²) in [5, 5.41) is 2.62. The lowest BCUT2D eigenvalue weighted by atomic mass is 10.3. The van der Waals surface area contributed by atoms with Crippen molar-refractivity contribution < 1.29 is 8.42 Å². The Balaban J connectivity index is 3.24. The zero-order valence-corrected chi connectivity index (χ0v) is 8.67. The minimum Gasteiger partial charge on any atom is -0.206 e. The maximum atomic E-state index is 11.2. The minimum atomic E-state index is -3.56. The third kappa shape index (κ3) is 2.33. The van der Waals surface area contributed by atoms with E-state index in [1.54, 1.807) is 0 Å². The maximum Gasteiger partial charge on any atom is 0.250 e. The van der Waals surface area contributed by atoms with Crippen molar-refractivity contribution in [1.29, 1.82) is 0 Å². The molecule has 0 aliphatic heterocycles. The number of nitrogens with one attached hydrogen (secondary N) is 1. The van der Waals surface area contributed by atoms with Crippen LogP contribution >= 0.6 is 16.1 Å². The van der Waals surface area contributed by atoms with E-state index in [9.17, 15) is 13.3 Å². The Morgan fingerprint density at radius 1 is 1.38 bits per heavy atom. The van der Waals surface area contributed by atoms with Gasteiger partial charge >= 0.3 is 0 Å². The molecule has 70 valence electrons.